The summed E-state index contributed by atoms with van der Waals surface area (Å²) < 4.78 is 72.2. The Morgan fingerprint density at radius 1 is 1.05 bits per heavy atom. The van der Waals surface area contributed by atoms with Crippen LogP contribution >= 0.6 is 0 Å². The zero-order valence-corrected chi connectivity index (χ0v) is 27.3. The van der Waals surface area contributed by atoms with E-state index in [4.69, 9.17) is 19.7 Å². The van der Waals surface area contributed by atoms with E-state index in [0.29, 0.717) is 24.2 Å². The van der Waals surface area contributed by atoms with E-state index in [9.17, 15) is 21.6 Å². The van der Waals surface area contributed by atoms with E-state index in [1.807, 2.05) is 12.1 Å². The summed E-state index contributed by atoms with van der Waals surface area (Å²) in [5, 5.41) is 16.7. The molecule has 1 aliphatic carbocycles. The number of sulfonamides is 1. The number of fused-ring (bicyclic) bond motifs is 2. The van der Waals surface area contributed by atoms with Gasteiger partial charge >= 0.3 is 109 Å². The Morgan fingerprint density at radius 2 is 1.65 bits per heavy atom. The monoisotopic (exact) mass is 589 g/mol. The smallest absolute Gasteiger partial charge is 0.652 e. The van der Waals surface area contributed by atoms with Gasteiger partial charge in [-0.05, 0) is 55.6 Å². The minimum absolute atomic E-state index is 0. The van der Waals surface area contributed by atoms with Crippen LogP contribution in [0.4, 0.5) is 18.0 Å². The van der Waals surface area contributed by atoms with Gasteiger partial charge in [0, 0.05) is 24.8 Å². The minimum atomic E-state index is -4.45. The number of carboxylic acid groups (broad SMARTS) is 2. The summed E-state index contributed by atoms with van der Waals surface area (Å²) in [7, 11) is -3.45. The molecule has 1 saturated carbocycles. The Labute approximate surface area is 296 Å². The number of alkyl halides is 3. The van der Waals surface area contributed by atoms with Gasteiger partial charge in [-0.25, -0.2) is 13.4 Å². The molecule has 1 aromatic heterocycles. The number of benzene rings is 1. The maximum Gasteiger partial charge on any atom is 1.00 e. The predicted molar refractivity (Wildman–Crippen MR) is 113 cm³/mol. The first kappa shape index (κ1) is 33.1. The largest absolute Gasteiger partial charge is 1.00 e. The molecule has 0 amide bonds. The van der Waals surface area contributed by atoms with Gasteiger partial charge in [-0.15, -0.1) is 4.40 Å². The standard InChI is InChI=1S/C21H20F3N3O3S.CH2O3.2K/c22-21(23,24)15-3-6-18(25-13-15)30-17-4-1-14(2-5-17)20-9-7-16(8-10-20)27-11-12-31(28,29)26-19(20)27;2-1(3)4;;/h1-6,13,16H,7-12H2;(H2,2,3,4);;/q;;2*+1/p-2. The van der Waals surface area contributed by atoms with Crippen molar-refractivity contribution >= 4 is 22.0 Å². The van der Waals surface area contributed by atoms with Crippen molar-refractivity contribution in [1.82, 2.24) is 9.88 Å². The van der Waals surface area contributed by atoms with E-state index in [1.54, 1.807) is 12.1 Å². The van der Waals surface area contributed by atoms with Gasteiger partial charge < -0.3 is 24.6 Å². The number of ether oxygens (including phenoxy) is 1. The van der Waals surface area contributed by atoms with Crippen molar-refractivity contribution in [1.29, 1.82) is 0 Å². The van der Waals surface area contributed by atoms with E-state index in [0.717, 1.165) is 43.5 Å². The van der Waals surface area contributed by atoms with Crippen LogP contribution in [0, 0.1) is 0 Å². The van der Waals surface area contributed by atoms with Crippen LogP contribution in [0.25, 0.3) is 0 Å². The second kappa shape index (κ2) is 13.1. The molecule has 0 radical (unpaired) electrons. The first-order valence-corrected chi connectivity index (χ1v) is 12.3. The molecule has 0 atom stereocenters. The molecule has 3 aliphatic heterocycles. The molecule has 2 bridgehead atoms. The fraction of sp³-hybridized carbons (Fsp3) is 0.409. The molecule has 4 heterocycles. The summed E-state index contributed by atoms with van der Waals surface area (Å²) in [6.45, 7) is 0.481. The Balaban J connectivity index is 0.000000750. The Kier molecular flexibility index (Phi) is 11.7. The Morgan fingerprint density at radius 3 is 2.16 bits per heavy atom. The second-order valence-corrected chi connectivity index (χ2v) is 10.2. The molecule has 188 valence electrons. The van der Waals surface area contributed by atoms with Crippen LogP contribution in [-0.2, 0) is 21.6 Å². The summed E-state index contributed by atoms with van der Waals surface area (Å²) in [5.74, 6) is 1.20. The minimum Gasteiger partial charge on any atom is -0.652 e. The van der Waals surface area contributed by atoms with Crippen molar-refractivity contribution < 1.29 is 144 Å². The molecule has 2 saturated heterocycles. The van der Waals surface area contributed by atoms with Gasteiger partial charge in [0.15, 0.2) is 0 Å². The Hall–Kier alpha value is -0.0773. The Bertz CT molecular complexity index is 1230. The molecular formula is C22H20F3K2N3O6S. The number of piperidine rings is 2. The van der Waals surface area contributed by atoms with Crippen molar-refractivity contribution in [3.63, 3.8) is 0 Å². The van der Waals surface area contributed by atoms with Crippen molar-refractivity contribution in [2.24, 2.45) is 4.40 Å². The van der Waals surface area contributed by atoms with E-state index in [1.165, 1.54) is 6.07 Å². The molecule has 0 unspecified atom stereocenters. The van der Waals surface area contributed by atoms with Crippen molar-refractivity contribution in [3.8, 4) is 11.6 Å². The normalized spacial score (nSPS) is 23.2. The number of hydrogen-bond donors (Lipinski definition) is 0. The number of nitrogens with zero attached hydrogens (tertiary/aromatic N) is 3. The van der Waals surface area contributed by atoms with Crippen molar-refractivity contribution in [3.05, 3.63) is 53.7 Å². The van der Waals surface area contributed by atoms with Gasteiger partial charge in [0.1, 0.15) is 11.6 Å². The average Bonchev–Trinajstić information content (AvgIpc) is 2.79. The molecule has 0 spiro atoms. The molecule has 6 rings (SSSR count). The number of aromatic nitrogens is 1. The van der Waals surface area contributed by atoms with Gasteiger partial charge in [-0.1, -0.05) is 12.1 Å². The van der Waals surface area contributed by atoms with E-state index in [-0.39, 0.29) is 114 Å². The molecular weight excluding hydrogens is 570 g/mol. The fourth-order valence-corrected chi connectivity index (χ4v) is 5.95. The topological polar surface area (TPSA) is 135 Å². The molecule has 9 nitrogen and oxygen atoms in total. The van der Waals surface area contributed by atoms with Crippen molar-refractivity contribution in [2.45, 2.75) is 43.3 Å². The van der Waals surface area contributed by atoms with Crippen LogP contribution in [0.1, 0.15) is 36.8 Å². The van der Waals surface area contributed by atoms with Gasteiger partial charge in [0.25, 0.3) is 10.0 Å². The number of carbonyl (C=O) groups is 1. The van der Waals surface area contributed by atoms with Crippen molar-refractivity contribution in [2.75, 3.05) is 12.3 Å². The number of carbonyl (C=O) groups excluding carboxylic acids is 1. The molecule has 2 aromatic rings. The summed E-state index contributed by atoms with van der Waals surface area (Å²) in [6.07, 6.45) is -2.39. The first-order valence-electron chi connectivity index (χ1n) is 10.7. The van der Waals surface area contributed by atoms with Gasteiger partial charge in [-0.2, -0.15) is 13.2 Å². The number of halogens is 3. The predicted octanol–water partition coefficient (Wildman–Crippen LogP) is -4.31. The summed E-state index contributed by atoms with van der Waals surface area (Å²) in [5.41, 5.74) is -0.304. The van der Waals surface area contributed by atoms with Crippen LogP contribution in [0.5, 0.6) is 11.6 Å². The third-order valence-corrected chi connectivity index (χ3v) is 7.61. The molecule has 4 aliphatic rings. The maximum atomic E-state index is 12.7. The number of hydrogen-bond acceptors (Lipinski definition) is 8. The average molecular weight is 590 g/mol. The third-order valence-electron chi connectivity index (χ3n) is 6.46. The van der Waals surface area contributed by atoms with E-state index < -0.39 is 33.3 Å². The SMILES string of the molecule is O=C([O-])[O-].O=S1(=O)CCN2C(=N1)C1(c3ccc(Oc4ccc(C(F)(F)F)cn4)cc3)CCC2CC1.[K+].[K+]. The van der Waals surface area contributed by atoms with Crippen LogP contribution in [-0.4, -0.2) is 48.6 Å². The molecule has 37 heavy (non-hydrogen) atoms. The maximum absolute atomic E-state index is 12.7. The number of amidine groups is 1. The molecule has 1 aromatic carbocycles. The van der Waals surface area contributed by atoms with Gasteiger partial charge in [0.2, 0.25) is 5.88 Å². The molecule has 0 N–H and O–H groups in total. The fourth-order valence-electron chi connectivity index (χ4n) is 4.89. The van der Waals surface area contributed by atoms with E-state index >= 15 is 0 Å². The van der Waals surface area contributed by atoms with Crippen LogP contribution < -0.4 is 118 Å². The second-order valence-electron chi connectivity index (χ2n) is 8.47. The quantitative estimate of drug-likeness (QED) is 0.328. The molecule has 3 fully saturated rings. The van der Waals surface area contributed by atoms with Crippen LogP contribution in [0.15, 0.2) is 47.0 Å². The number of rotatable bonds is 3. The summed E-state index contributed by atoms with van der Waals surface area (Å²) >= 11 is 0. The zero-order chi connectivity index (χ0) is 25.4. The van der Waals surface area contributed by atoms with Gasteiger partial charge in [-0.3, -0.25) is 0 Å². The summed E-state index contributed by atoms with van der Waals surface area (Å²) in [4.78, 5) is 14.2. The van der Waals surface area contributed by atoms with E-state index in [2.05, 4.69) is 14.3 Å². The third kappa shape index (κ3) is 7.77. The molecule has 15 heteroatoms. The van der Waals surface area contributed by atoms with Gasteiger partial charge in [0.05, 0.1) is 16.7 Å². The zero-order valence-electron chi connectivity index (χ0n) is 20.2. The van der Waals surface area contributed by atoms with Crippen LogP contribution in [0.2, 0.25) is 0 Å². The van der Waals surface area contributed by atoms with Crippen LogP contribution in [0.3, 0.4) is 0 Å². The summed E-state index contributed by atoms with van der Waals surface area (Å²) in [6, 6.07) is 9.67. The number of pyridine rings is 1. The first-order chi connectivity index (χ1) is 16.4.